The van der Waals surface area contributed by atoms with Crippen LogP contribution in [0.3, 0.4) is 0 Å². The topological polar surface area (TPSA) is 204 Å². The molecule has 1 fully saturated rings. The third kappa shape index (κ3) is 10.1. The molecule has 14 heteroatoms. The number of benzene rings is 1. The van der Waals surface area contributed by atoms with E-state index in [-0.39, 0.29) is 49.2 Å². The minimum Gasteiger partial charge on any atom is -0.461 e. The number of nitrogens with one attached hydrogen (secondary N) is 2. The number of amides is 3. The lowest BCUT2D eigenvalue weighted by Crippen LogP contribution is -2.60. The Labute approximate surface area is 269 Å². The lowest BCUT2D eigenvalue weighted by Gasteiger charge is -2.42. The number of hydrogen-bond donors (Lipinski definition) is 6. The first-order valence-electron chi connectivity index (χ1n) is 14.8. The molecule has 46 heavy (non-hydrogen) atoms. The first-order chi connectivity index (χ1) is 21.3. The van der Waals surface area contributed by atoms with E-state index >= 15 is 0 Å². The van der Waals surface area contributed by atoms with Gasteiger partial charge in [0, 0.05) is 43.5 Å². The average Bonchev–Trinajstić information content (AvgIpc) is 2.96. The van der Waals surface area contributed by atoms with Crippen LogP contribution in [0.5, 0.6) is 5.75 Å². The predicted molar refractivity (Wildman–Crippen MR) is 167 cm³/mol. The Morgan fingerprint density at radius 3 is 2.28 bits per heavy atom. The van der Waals surface area contributed by atoms with Crippen LogP contribution in [0, 0.1) is 5.41 Å². The Hall–Kier alpha value is -3.82. The van der Waals surface area contributed by atoms with Gasteiger partial charge in [-0.05, 0) is 44.0 Å². The van der Waals surface area contributed by atoms with Gasteiger partial charge in [0.15, 0.2) is 0 Å². The summed E-state index contributed by atoms with van der Waals surface area (Å²) in [6.45, 7) is 16.5. The maximum absolute atomic E-state index is 13.1. The van der Waals surface area contributed by atoms with Gasteiger partial charge in [0.1, 0.15) is 36.8 Å². The molecule has 1 unspecified atom stereocenters. The monoisotopic (exact) mass is 649 g/mol. The normalized spacial score (nSPS) is 21.5. The molecule has 5 atom stereocenters. The van der Waals surface area contributed by atoms with Gasteiger partial charge < -0.3 is 50.2 Å². The van der Waals surface area contributed by atoms with E-state index in [1.165, 1.54) is 37.0 Å². The van der Waals surface area contributed by atoms with Crippen molar-refractivity contribution in [2.24, 2.45) is 5.41 Å². The van der Waals surface area contributed by atoms with Gasteiger partial charge in [0.05, 0.1) is 12.3 Å². The molecule has 0 bridgehead atoms. The Morgan fingerprint density at radius 1 is 1.07 bits per heavy atom. The fraction of sp³-hybridized carbons (Fsp3) is 0.562. The highest BCUT2D eigenvalue weighted by atomic mass is 16.7. The van der Waals surface area contributed by atoms with Crippen molar-refractivity contribution < 1.29 is 53.8 Å². The van der Waals surface area contributed by atoms with Crippen LogP contribution in [0.1, 0.15) is 59.9 Å². The number of nitrogens with zero attached hydrogens (tertiary/aromatic N) is 1. The van der Waals surface area contributed by atoms with E-state index in [0.29, 0.717) is 11.3 Å². The van der Waals surface area contributed by atoms with Crippen molar-refractivity contribution in [3.05, 3.63) is 48.7 Å². The first kappa shape index (κ1) is 38.4. The summed E-state index contributed by atoms with van der Waals surface area (Å²) in [4.78, 5) is 51.2. The molecule has 0 radical (unpaired) electrons. The van der Waals surface area contributed by atoms with Crippen LogP contribution in [0.25, 0.3) is 0 Å². The van der Waals surface area contributed by atoms with Crippen molar-refractivity contribution in [3.63, 3.8) is 0 Å². The minimum atomic E-state index is -1.69. The van der Waals surface area contributed by atoms with E-state index in [4.69, 9.17) is 14.2 Å². The third-order valence-corrected chi connectivity index (χ3v) is 7.42. The van der Waals surface area contributed by atoms with E-state index in [2.05, 4.69) is 23.8 Å². The third-order valence-electron chi connectivity index (χ3n) is 7.42. The number of anilines is 1. The molecule has 0 saturated carbocycles. The second kappa shape index (κ2) is 16.1. The molecule has 1 aromatic rings. The smallest absolute Gasteiger partial charge is 0.302 e. The summed E-state index contributed by atoms with van der Waals surface area (Å²) in [5.74, 6) is -1.61. The first-order valence-corrected chi connectivity index (χ1v) is 14.8. The van der Waals surface area contributed by atoms with Gasteiger partial charge in [-0.25, -0.2) is 0 Å². The van der Waals surface area contributed by atoms with Crippen molar-refractivity contribution in [2.45, 2.75) is 97.2 Å². The second-order valence-electron chi connectivity index (χ2n) is 12.4. The average molecular weight is 650 g/mol. The van der Waals surface area contributed by atoms with Gasteiger partial charge in [-0.1, -0.05) is 33.1 Å². The molecule has 3 amide bonds. The summed E-state index contributed by atoms with van der Waals surface area (Å²) in [5.41, 5.74) is -0.705. The summed E-state index contributed by atoms with van der Waals surface area (Å²) in [7, 11) is 0. The fourth-order valence-corrected chi connectivity index (χ4v) is 5.43. The summed E-state index contributed by atoms with van der Waals surface area (Å²) < 4.78 is 16.2. The SMILES string of the molecule is C=CC(=C)N(C(C)=O)C(C)(C)CC(C)(C)C(=O)NCCC(=O)Nc1cc(COC(C)=O)ccc1OC1O[C@H](CO)[C@@H](O)[C@H](O)[C@H]1O. The highest BCUT2D eigenvalue weighted by Gasteiger charge is 2.45. The number of esters is 1. The van der Waals surface area contributed by atoms with Gasteiger partial charge in [-0.2, -0.15) is 0 Å². The van der Waals surface area contributed by atoms with Crippen molar-refractivity contribution in [1.29, 1.82) is 0 Å². The molecule has 14 nitrogen and oxygen atoms in total. The molecule has 0 aliphatic carbocycles. The van der Waals surface area contributed by atoms with Crippen LogP contribution in [0.4, 0.5) is 5.69 Å². The van der Waals surface area contributed by atoms with Crippen LogP contribution in [0.2, 0.25) is 0 Å². The summed E-state index contributed by atoms with van der Waals surface area (Å²) >= 11 is 0. The number of rotatable bonds is 15. The van der Waals surface area contributed by atoms with Gasteiger partial charge in [-0.3, -0.25) is 19.2 Å². The maximum atomic E-state index is 13.1. The number of carbonyl (C=O) groups is 4. The van der Waals surface area contributed by atoms with Crippen molar-refractivity contribution in [2.75, 3.05) is 18.5 Å². The Kier molecular flexibility index (Phi) is 13.5. The zero-order valence-electron chi connectivity index (χ0n) is 27.2. The molecule has 1 saturated heterocycles. The van der Waals surface area contributed by atoms with E-state index in [9.17, 15) is 39.6 Å². The van der Waals surface area contributed by atoms with Crippen molar-refractivity contribution in [1.82, 2.24) is 10.2 Å². The van der Waals surface area contributed by atoms with Gasteiger partial charge in [0.2, 0.25) is 24.0 Å². The predicted octanol–water partition coefficient (Wildman–Crippen LogP) is 1.12. The molecule has 1 aliphatic heterocycles. The quantitative estimate of drug-likeness (QED) is 0.117. The number of carbonyl (C=O) groups excluding carboxylic acids is 4. The zero-order valence-corrected chi connectivity index (χ0v) is 27.2. The number of aliphatic hydroxyl groups is 4. The van der Waals surface area contributed by atoms with E-state index < -0.39 is 60.1 Å². The van der Waals surface area contributed by atoms with Crippen LogP contribution >= 0.6 is 0 Å². The van der Waals surface area contributed by atoms with Crippen LogP contribution in [-0.4, -0.2) is 98.4 Å². The summed E-state index contributed by atoms with van der Waals surface area (Å²) in [5, 5.41) is 45.5. The van der Waals surface area contributed by atoms with Crippen molar-refractivity contribution in [3.8, 4) is 5.75 Å². The minimum absolute atomic E-state index is 0.00722. The van der Waals surface area contributed by atoms with Crippen molar-refractivity contribution >= 4 is 29.4 Å². The molecule has 0 spiro atoms. The van der Waals surface area contributed by atoms with E-state index in [1.807, 2.05) is 13.8 Å². The molecule has 6 N–H and O–H groups in total. The van der Waals surface area contributed by atoms with Crippen LogP contribution < -0.4 is 15.4 Å². The van der Waals surface area contributed by atoms with Gasteiger partial charge >= 0.3 is 5.97 Å². The molecule has 0 aromatic heterocycles. The highest BCUT2D eigenvalue weighted by Crippen LogP contribution is 2.35. The summed E-state index contributed by atoms with van der Waals surface area (Å²) in [6, 6.07) is 4.44. The molecule has 1 aromatic carbocycles. The molecular weight excluding hydrogens is 602 g/mol. The highest BCUT2D eigenvalue weighted by molar-refractivity contribution is 5.93. The largest absolute Gasteiger partial charge is 0.461 e. The molecule has 1 aliphatic rings. The number of hydrogen-bond acceptors (Lipinski definition) is 11. The molecule has 256 valence electrons. The fourth-order valence-electron chi connectivity index (χ4n) is 5.43. The van der Waals surface area contributed by atoms with E-state index in [0.717, 1.165) is 0 Å². The van der Waals surface area contributed by atoms with Crippen LogP contribution in [-0.2, 0) is 35.3 Å². The van der Waals surface area contributed by atoms with Gasteiger partial charge in [-0.15, -0.1) is 0 Å². The molecular formula is C32H47N3O11. The Bertz CT molecular complexity index is 1290. The Morgan fingerprint density at radius 2 is 1.72 bits per heavy atom. The second-order valence-corrected chi connectivity index (χ2v) is 12.4. The molecule has 1 heterocycles. The zero-order chi connectivity index (χ0) is 35.0. The van der Waals surface area contributed by atoms with Crippen LogP contribution in [0.15, 0.2) is 43.1 Å². The Balaban J connectivity index is 2.14. The lowest BCUT2D eigenvalue weighted by molar-refractivity contribution is -0.277. The maximum Gasteiger partial charge on any atom is 0.302 e. The standard InChI is InChI=1S/C32H47N3O11/c1-9-18(2)35(19(3)37)32(7,8)17-31(5,6)30(43)33-13-12-25(39)34-22-14-21(16-44-20(4)38)10-11-23(22)45-29-28(42)27(41)26(40)24(15-36)46-29/h9-11,14,24,26-29,36,40-42H,1-2,12-13,15-17H2,3-8H3,(H,33,43)(H,34,39)/t24-,26-,27+,28-,29?/m1/s1. The molecule has 2 rings (SSSR count). The summed E-state index contributed by atoms with van der Waals surface area (Å²) in [6.07, 6.45) is -6.08. The lowest BCUT2D eigenvalue weighted by atomic mass is 9.78. The number of aliphatic hydroxyl groups excluding tert-OH is 4. The number of allylic oxidation sites excluding steroid dienone is 1. The van der Waals surface area contributed by atoms with E-state index in [1.54, 1.807) is 19.9 Å². The van der Waals surface area contributed by atoms with Gasteiger partial charge in [0.25, 0.3) is 0 Å². The number of ether oxygens (including phenoxy) is 3.